The van der Waals surface area contributed by atoms with Crippen molar-refractivity contribution in [3.8, 4) is 0 Å². The molecule has 1 amide bonds. The van der Waals surface area contributed by atoms with Crippen molar-refractivity contribution in [2.75, 3.05) is 19.3 Å². The first-order chi connectivity index (χ1) is 10.6. The number of rotatable bonds is 2. The highest BCUT2D eigenvalue weighted by molar-refractivity contribution is 8.01. The minimum absolute atomic E-state index is 0.00625. The molecule has 0 aliphatic carbocycles. The van der Waals surface area contributed by atoms with Crippen molar-refractivity contribution < 1.29 is 4.79 Å². The quantitative estimate of drug-likeness (QED) is 0.926. The van der Waals surface area contributed by atoms with E-state index in [0.29, 0.717) is 6.54 Å². The van der Waals surface area contributed by atoms with Crippen LogP contribution in [0.15, 0.2) is 60.7 Å². The number of nitrogens with zero attached hydrogens (tertiary/aromatic N) is 1. The van der Waals surface area contributed by atoms with Gasteiger partial charge in [0, 0.05) is 25.4 Å². The molecule has 0 spiro atoms. The van der Waals surface area contributed by atoms with Crippen LogP contribution in [0.25, 0.3) is 0 Å². The predicted molar refractivity (Wildman–Crippen MR) is 91.7 cm³/mol. The summed E-state index contributed by atoms with van der Waals surface area (Å²) in [6.07, 6.45) is 0. The average molecular weight is 312 g/mol. The molecule has 1 saturated heterocycles. The lowest BCUT2D eigenvalue weighted by atomic mass is 9.89. The number of carbonyl (C=O) groups excluding carboxylic acids is 1. The third-order valence-corrected chi connectivity index (χ3v) is 5.70. The zero-order valence-electron chi connectivity index (χ0n) is 12.6. The smallest absolute Gasteiger partial charge is 0.247 e. The number of carbonyl (C=O) groups is 1. The van der Waals surface area contributed by atoms with E-state index >= 15 is 0 Å². The highest BCUT2D eigenvalue weighted by atomic mass is 32.2. The monoisotopic (exact) mass is 312 g/mol. The van der Waals surface area contributed by atoms with Crippen molar-refractivity contribution in [1.29, 1.82) is 0 Å². The predicted octanol–water partition coefficient (Wildman–Crippen LogP) is 2.46. The first-order valence-corrected chi connectivity index (χ1v) is 8.39. The van der Waals surface area contributed by atoms with Crippen LogP contribution in [0.5, 0.6) is 0 Å². The van der Waals surface area contributed by atoms with Gasteiger partial charge in [-0.2, -0.15) is 0 Å². The zero-order valence-corrected chi connectivity index (χ0v) is 13.4. The van der Waals surface area contributed by atoms with Crippen LogP contribution in [0.1, 0.15) is 11.1 Å². The van der Waals surface area contributed by atoms with Gasteiger partial charge >= 0.3 is 0 Å². The van der Waals surface area contributed by atoms with Crippen LogP contribution in [0.3, 0.4) is 0 Å². The summed E-state index contributed by atoms with van der Waals surface area (Å²) in [7, 11) is 1.84. The Morgan fingerprint density at radius 1 is 1.05 bits per heavy atom. The molecule has 0 saturated carbocycles. The Kier molecular flexibility index (Phi) is 4.23. The molecule has 2 aromatic rings. The topological polar surface area (TPSA) is 46.3 Å². The first-order valence-electron chi connectivity index (χ1n) is 7.41. The number of amides is 1. The summed E-state index contributed by atoms with van der Waals surface area (Å²) in [5.41, 5.74) is 8.17. The Labute approximate surface area is 135 Å². The Bertz CT molecular complexity index is 605. The number of nitrogens with two attached hydrogens (primary N) is 1. The molecule has 1 fully saturated rings. The Morgan fingerprint density at radius 2 is 1.55 bits per heavy atom. The van der Waals surface area contributed by atoms with Crippen LogP contribution in [0.4, 0.5) is 0 Å². The molecule has 1 atom stereocenters. The molecule has 0 unspecified atom stereocenters. The van der Waals surface area contributed by atoms with Gasteiger partial charge in [-0.15, -0.1) is 11.8 Å². The van der Waals surface area contributed by atoms with Crippen LogP contribution < -0.4 is 5.73 Å². The molecule has 22 heavy (non-hydrogen) atoms. The van der Waals surface area contributed by atoms with Gasteiger partial charge in [0.05, 0.1) is 0 Å². The minimum Gasteiger partial charge on any atom is -0.342 e. The fourth-order valence-corrected chi connectivity index (χ4v) is 4.43. The van der Waals surface area contributed by atoms with Gasteiger partial charge in [-0.05, 0) is 11.1 Å². The van der Waals surface area contributed by atoms with Crippen molar-refractivity contribution in [3.05, 3.63) is 71.8 Å². The van der Waals surface area contributed by atoms with Crippen molar-refractivity contribution in [3.63, 3.8) is 0 Å². The molecule has 0 aromatic heterocycles. The van der Waals surface area contributed by atoms with Gasteiger partial charge in [-0.3, -0.25) is 4.79 Å². The maximum absolute atomic E-state index is 13.3. The van der Waals surface area contributed by atoms with Gasteiger partial charge in [0.25, 0.3) is 0 Å². The number of likely N-dealkylation sites (N-methyl/N-ethyl adjacent to an activating group) is 1. The fraction of sp³-hybridized carbons (Fsp3) is 0.278. The Hall–Kier alpha value is -1.78. The largest absolute Gasteiger partial charge is 0.342 e. The SMILES string of the molecule is CN1C[C@@H](N)CSC(c2ccccc2)(c2ccccc2)C1=O. The third kappa shape index (κ3) is 2.53. The van der Waals surface area contributed by atoms with Crippen LogP contribution >= 0.6 is 11.8 Å². The van der Waals surface area contributed by atoms with Gasteiger partial charge in [-0.1, -0.05) is 60.7 Å². The van der Waals surface area contributed by atoms with E-state index in [4.69, 9.17) is 5.73 Å². The third-order valence-electron chi connectivity index (χ3n) is 4.03. The van der Waals surface area contributed by atoms with Crippen LogP contribution in [-0.4, -0.2) is 36.2 Å². The van der Waals surface area contributed by atoms with E-state index in [-0.39, 0.29) is 11.9 Å². The first kappa shape index (κ1) is 15.1. The van der Waals surface area contributed by atoms with Gasteiger partial charge in [0.1, 0.15) is 4.75 Å². The normalized spacial score (nSPS) is 21.5. The second-order valence-electron chi connectivity index (χ2n) is 5.67. The lowest BCUT2D eigenvalue weighted by Crippen LogP contribution is -2.44. The van der Waals surface area contributed by atoms with E-state index in [1.165, 1.54) is 0 Å². The molecule has 1 aliphatic rings. The van der Waals surface area contributed by atoms with Gasteiger partial charge in [0.2, 0.25) is 5.91 Å². The van der Waals surface area contributed by atoms with Crippen LogP contribution in [0, 0.1) is 0 Å². The second-order valence-corrected chi connectivity index (χ2v) is 6.90. The zero-order chi connectivity index (χ0) is 15.6. The van der Waals surface area contributed by atoms with E-state index in [1.807, 2.05) is 67.7 Å². The molecule has 0 radical (unpaired) electrons. The summed E-state index contributed by atoms with van der Waals surface area (Å²) in [4.78, 5) is 15.0. The fourth-order valence-electron chi connectivity index (χ4n) is 2.98. The molecule has 1 aliphatic heterocycles. The van der Waals surface area contributed by atoms with Crippen molar-refractivity contribution in [2.45, 2.75) is 10.8 Å². The molecule has 1 heterocycles. The Balaban J connectivity index is 2.21. The van der Waals surface area contributed by atoms with Crippen molar-refractivity contribution in [2.24, 2.45) is 5.73 Å². The van der Waals surface area contributed by atoms with E-state index in [0.717, 1.165) is 16.9 Å². The van der Waals surface area contributed by atoms with Gasteiger partial charge < -0.3 is 10.6 Å². The number of hydrogen-bond donors (Lipinski definition) is 1. The molecule has 114 valence electrons. The maximum atomic E-state index is 13.3. The van der Waals surface area contributed by atoms with Crippen molar-refractivity contribution in [1.82, 2.24) is 4.90 Å². The number of benzene rings is 2. The summed E-state index contributed by atoms with van der Waals surface area (Å²) in [6, 6.07) is 20.0. The highest BCUT2D eigenvalue weighted by Crippen LogP contribution is 2.45. The van der Waals surface area contributed by atoms with E-state index in [9.17, 15) is 4.79 Å². The van der Waals surface area contributed by atoms with Gasteiger partial charge in [-0.25, -0.2) is 0 Å². The van der Waals surface area contributed by atoms with Gasteiger partial charge in [0.15, 0.2) is 0 Å². The standard InChI is InChI=1S/C18H20N2OS/c1-20-12-16(19)13-22-18(17(20)21,14-8-4-2-5-9-14)15-10-6-3-7-11-15/h2-11,16H,12-13,19H2,1H3/t16-/m1/s1. The van der Waals surface area contributed by atoms with Crippen molar-refractivity contribution >= 4 is 17.7 Å². The molecular formula is C18H20N2OS. The molecule has 3 nitrogen and oxygen atoms in total. The molecule has 3 rings (SSSR count). The summed E-state index contributed by atoms with van der Waals surface area (Å²) in [5, 5.41) is 0. The summed E-state index contributed by atoms with van der Waals surface area (Å²) >= 11 is 1.64. The molecule has 4 heteroatoms. The second kappa shape index (κ2) is 6.15. The lowest BCUT2D eigenvalue weighted by Gasteiger charge is -2.34. The molecule has 0 bridgehead atoms. The number of thioether (sulfide) groups is 1. The van der Waals surface area contributed by atoms with Crippen LogP contribution in [-0.2, 0) is 9.54 Å². The summed E-state index contributed by atoms with van der Waals surface area (Å²) in [6.45, 7) is 0.591. The minimum atomic E-state index is -0.717. The number of hydrogen-bond acceptors (Lipinski definition) is 3. The van der Waals surface area contributed by atoms with E-state index in [2.05, 4.69) is 0 Å². The van der Waals surface area contributed by atoms with E-state index in [1.54, 1.807) is 16.7 Å². The maximum Gasteiger partial charge on any atom is 0.247 e. The summed E-state index contributed by atoms with van der Waals surface area (Å²) in [5.74, 6) is 0.850. The van der Waals surface area contributed by atoms with E-state index < -0.39 is 4.75 Å². The Morgan fingerprint density at radius 3 is 2.05 bits per heavy atom. The molecule has 2 aromatic carbocycles. The highest BCUT2D eigenvalue weighted by Gasteiger charge is 2.46. The average Bonchev–Trinajstić information content (AvgIpc) is 2.67. The summed E-state index contributed by atoms with van der Waals surface area (Å²) < 4.78 is -0.717. The molecule has 2 N–H and O–H groups in total. The molecular weight excluding hydrogens is 292 g/mol. The van der Waals surface area contributed by atoms with Crippen LogP contribution in [0.2, 0.25) is 0 Å². The lowest BCUT2D eigenvalue weighted by molar-refractivity contribution is -0.131.